The zero-order valence-corrected chi connectivity index (χ0v) is 25.0. The number of ether oxygens (including phenoxy) is 2. The molecule has 5 aromatic rings. The van der Waals surface area contributed by atoms with Crippen LogP contribution in [0.15, 0.2) is 33.4 Å². The number of phosphoric ester groups is 1. The summed E-state index contributed by atoms with van der Waals surface area (Å²) in [6.45, 7) is -1.06. The number of fused-ring (bicyclic) bond motifs is 6. The summed E-state index contributed by atoms with van der Waals surface area (Å²) in [5.41, 5.74) is 8.97. The Bertz CT molecular complexity index is 2260. The summed E-state index contributed by atoms with van der Waals surface area (Å²) in [7, 11) is -5.03. The molecule has 1 aromatic carbocycles. The van der Waals surface area contributed by atoms with E-state index in [1.54, 1.807) is 0 Å². The van der Waals surface area contributed by atoms with E-state index in [0.29, 0.717) is 0 Å². The van der Waals surface area contributed by atoms with Crippen LogP contribution in [0, 0.1) is 0 Å². The molecule has 0 saturated carbocycles. The van der Waals surface area contributed by atoms with Crippen LogP contribution in [0.25, 0.3) is 22.3 Å². The number of hydrogen-bond donors (Lipinski definition) is 8. The summed E-state index contributed by atoms with van der Waals surface area (Å²) in [5, 5.41) is 28.2. The number of aromatic amines is 1. The van der Waals surface area contributed by atoms with E-state index in [4.69, 9.17) is 30.0 Å². The molecule has 2 saturated heterocycles. The second-order valence-electron chi connectivity index (χ2n) is 11.3. The number of aromatic nitrogens is 8. The van der Waals surface area contributed by atoms with Gasteiger partial charge in [0.25, 0.3) is 16.4 Å². The number of aliphatic hydroxyl groups is 2. The number of phosphoric acid groups is 1. The van der Waals surface area contributed by atoms with Crippen LogP contribution >= 0.6 is 7.82 Å². The van der Waals surface area contributed by atoms with Crippen molar-refractivity contribution in [1.82, 2.24) is 39.0 Å². The lowest BCUT2D eigenvalue weighted by Crippen LogP contribution is -2.46. The summed E-state index contributed by atoms with van der Waals surface area (Å²) in [5.74, 6) is -0.175. The lowest BCUT2D eigenvalue weighted by molar-refractivity contribution is -0.0498. The summed E-state index contributed by atoms with van der Waals surface area (Å²) in [6, 6.07) is -1.23. The first kappa shape index (κ1) is 30.5. The van der Waals surface area contributed by atoms with Crippen LogP contribution < -0.4 is 38.5 Å². The molecular formula is C24H25N12O11P. The smallest absolute Gasteiger partial charge is 0.388 e. The van der Waals surface area contributed by atoms with Crippen molar-refractivity contribution in [1.29, 1.82) is 0 Å². The quantitative estimate of drug-likeness (QED) is 0.0663. The van der Waals surface area contributed by atoms with Crippen molar-refractivity contribution in [3.63, 3.8) is 0 Å². The van der Waals surface area contributed by atoms with E-state index in [9.17, 15) is 34.1 Å². The number of anilines is 4. The van der Waals surface area contributed by atoms with Gasteiger partial charge < -0.3 is 46.7 Å². The lowest BCUT2D eigenvalue weighted by Gasteiger charge is -2.27. The van der Waals surface area contributed by atoms with Crippen molar-refractivity contribution in [2.75, 3.05) is 35.3 Å². The molecule has 7 heterocycles. The Morgan fingerprint density at radius 1 is 0.896 bits per heavy atom. The van der Waals surface area contributed by atoms with Crippen molar-refractivity contribution >= 4 is 53.3 Å². The lowest BCUT2D eigenvalue weighted by atomic mass is 10.1. The van der Waals surface area contributed by atoms with Gasteiger partial charge in [0.05, 0.1) is 19.3 Å². The first-order valence-corrected chi connectivity index (χ1v) is 15.7. The molecule has 23 nitrogen and oxygen atoms in total. The van der Waals surface area contributed by atoms with Gasteiger partial charge in [-0.1, -0.05) is 0 Å². The molecule has 0 amide bonds. The Hall–Kier alpha value is -4.87. The van der Waals surface area contributed by atoms with Crippen molar-refractivity contribution in [2.24, 2.45) is 0 Å². The minimum absolute atomic E-state index is 0.0347. The Morgan fingerprint density at radius 3 is 2.40 bits per heavy atom. The average molecular weight is 689 g/mol. The number of nitrogens with two attached hydrogens (primary N) is 2. The summed E-state index contributed by atoms with van der Waals surface area (Å²) in [6.07, 6.45) is -6.19. The fourth-order valence-electron chi connectivity index (χ4n) is 6.13. The molecular weight excluding hydrogens is 663 g/mol. The van der Waals surface area contributed by atoms with Gasteiger partial charge in [-0.2, -0.15) is 4.98 Å². The third-order valence-electron chi connectivity index (χ3n) is 8.42. The van der Waals surface area contributed by atoms with E-state index >= 15 is 0 Å². The molecule has 0 radical (unpaired) electrons. The maximum absolute atomic E-state index is 13.3. The number of hydrogen-bond acceptors (Lipinski definition) is 19. The Kier molecular flexibility index (Phi) is 6.87. The highest BCUT2D eigenvalue weighted by molar-refractivity contribution is 7.47. The van der Waals surface area contributed by atoms with E-state index < -0.39 is 79.9 Å². The van der Waals surface area contributed by atoms with Gasteiger partial charge in [-0.25, -0.2) is 24.5 Å². The van der Waals surface area contributed by atoms with E-state index in [-0.39, 0.29) is 52.0 Å². The molecule has 3 aliphatic heterocycles. The molecule has 0 spiro atoms. The van der Waals surface area contributed by atoms with Gasteiger partial charge in [-0.15, -0.1) is 0 Å². The van der Waals surface area contributed by atoms with Crippen LogP contribution in [-0.4, -0.2) is 104 Å². The van der Waals surface area contributed by atoms with Gasteiger partial charge in [-0.05, 0) is 0 Å². The van der Waals surface area contributed by atoms with Gasteiger partial charge in [-0.3, -0.25) is 37.5 Å². The molecule has 0 aliphatic carbocycles. The van der Waals surface area contributed by atoms with Gasteiger partial charge in [0.2, 0.25) is 5.95 Å². The average Bonchev–Trinajstić information content (AvgIpc) is 3.80. The van der Waals surface area contributed by atoms with Crippen molar-refractivity contribution in [2.45, 2.75) is 49.0 Å². The summed E-state index contributed by atoms with van der Waals surface area (Å²) in [4.78, 5) is 71.3. The number of aliphatic hydroxyl groups excluding tert-OH is 2. The first-order valence-electron chi connectivity index (χ1n) is 14.2. The number of H-pyrrole nitrogens is 1. The van der Waals surface area contributed by atoms with E-state index in [1.807, 2.05) is 0 Å². The van der Waals surface area contributed by atoms with E-state index in [1.165, 1.54) is 28.1 Å². The number of nitrogens with zero attached hydrogens (tertiary/aromatic N) is 7. The topological polar surface area (TPSA) is 332 Å². The SMILES string of the molecule is Nc1nc2c(ncn2[C@@H]2O[C@@H]3COP(=O)(O)OC4[C@@H](CNc5c(c(=O)c5=O)NC2C3O)O[C@@H](n2cnc3c(N)ncnc32)[C@H]4O)c(=O)[nH]1. The maximum atomic E-state index is 13.3. The molecule has 252 valence electrons. The minimum Gasteiger partial charge on any atom is -0.388 e. The fraction of sp³-hybridized carbons (Fsp3) is 0.417. The zero-order valence-electron chi connectivity index (χ0n) is 24.1. The number of imidazole rings is 2. The van der Waals surface area contributed by atoms with Crippen LogP contribution in [0.4, 0.5) is 23.1 Å². The summed E-state index contributed by atoms with van der Waals surface area (Å²) < 4.78 is 38.5. The molecule has 48 heavy (non-hydrogen) atoms. The molecule has 2 bridgehead atoms. The number of nitrogens with one attached hydrogen (secondary N) is 3. The third kappa shape index (κ3) is 4.67. The van der Waals surface area contributed by atoms with Crippen molar-refractivity contribution < 1.29 is 38.2 Å². The Balaban J connectivity index is 1.15. The second-order valence-corrected chi connectivity index (χ2v) is 12.7. The second kappa shape index (κ2) is 10.8. The molecule has 9 atom stereocenters. The monoisotopic (exact) mass is 688 g/mol. The first-order chi connectivity index (χ1) is 22.9. The predicted octanol–water partition coefficient (Wildman–Crippen LogP) is -3.36. The minimum atomic E-state index is -5.03. The Labute approximate surface area is 264 Å². The normalized spacial score (nSPS) is 32.5. The Morgan fingerprint density at radius 2 is 1.60 bits per heavy atom. The molecule has 10 N–H and O–H groups in total. The number of rotatable bonds is 2. The van der Waals surface area contributed by atoms with Gasteiger partial charge >= 0.3 is 7.82 Å². The molecule has 8 rings (SSSR count). The number of nitrogen functional groups attached to an aromatic ring is 2. The standard InChI is InChI=1S/C24H25N12O11P/c25-18-11-19(29-3-28-18)35(4-30-11)23-16(40)17-6(45-23)1-27-8-9(15(39)14(8)38)32-10-13(37)7(2-44-48(42,43)47-17)46-22(10)36-5-31-12-20(36)33-24(26)34-21(12)41/h3-7,10,13,16-17,22-23,27,32,37,40H,1-2H2,(H,42,43)(H2,25,28,29)(H3,26,33,34,41)/t6-,7-,10?,13?,16+,17?,22-,23-/m1/s1. The van der Waals surface area contributed by atoms with Crippen molar-refractivity contribution in [3.05, 3.63) is 49.8 Å². The van der Waals surface area contributed by atoms with Crippen molar-refractivity contribution in [3.8, 4) is 0 Å². The van der Waals surface area contributed by atoms with Crippen LogP contribution in [0.3, 0.4) is 0 Å². The van der Waals surface area contributed by atoms with Crippen LogP contribution in [0.5, 0.6) is 0 Å². The highest BCUT2D eigenvalue weighted by Crippen LogP contribution is 2.50. The van der Waals surface area contributed by atoms with Gasteiger partial charge in [0.1, 0.15) is 59.8 Å². The van der Waals surface area contributed by atoms with Crippen LogP contribution in [-0.2, 0) is 23.1 Å². The van der Waals surface area contributed by atoms with E-state index in [2.05, 4.69) is 40.5 Å². The van der Waals surface area contributed by atoms with Gasteiger partial charge in [0.15, 0.2) is 35.1 Å². The summed E-state index contributed by atoms with van der Waals surface area (Å²) >= 11 is 0. The van der Waals surface area contributed by atoms with Crippen LogP contribution in [0.1, 0.15) is 12.5 Å². The molecule has 4 aromatic heterocycles. The fourth-order valence-corrected chi connectivity index (χ4v) is 7.09. The van der Waals surface area contributed by atoms with E-state index in [0.717, 1.165) is 0 Å². The highest BCUT2D eigenvalue weighted by atomic mass is 31.2. The zero-order chi connectivity index (χ0) is 33.6. The highest BCUT2D eigenvalue weighted by Gasteiger charge is 2.51. The largest absolute Gasteiger partial charge is 0.472 e. The van der Waals surface area contributed by atoms with Gasteiger partial charge in [0, 0.05) is 6.54 Å². The van der Waals surface area contributed by atoms with Crippen LogP contribution in [0.2, 0.25) is 0 Å². The molecule has 2 fully saturated rings. The maximum Gasteiger partial charge on any atom is 0.472 e. The molecule has 3 aliphatic rings. The third-order valence-corrected chi connectivity index (χ3v) is 9.41. The molecule has 24 heteroatoms. The predicted molar refractivity (Wildman–Crippen MR) is 160 cm³/mol. The molecule has 4 unspecified atom stereocenters.